The molecular weight excluding hydrogens is 942 g/mol. The summed E-state index contributed by atoms with van der Waals surface area (Å²) in [6.07, 6.45) is 4.61. The number of aryl methyl sites for hydroxylation is 1. The Morgan fingerprint density at radius 3 is 1.58 bits per heavy atom. The summed E-state index contributed by atoms with van der Waals surface area (Å²) in [7, 11) is 0. The van der Waals surface area contributed by atoms with Crippen molar-refractivity contribution in [2.24, 2.45) is 0 Å². The summed E-state index contributed by atoms with van der Waals surface area (Å²) in [5.74, 6) is 0. The second kappa shape index (κ2) is 18.0. The Morgan fingerprint density at radius 1 is 0.410 bits per heavy atom. The molecule has 2 atom stereocenters. The molecule has 1 fully saturated rings. The lowest BCUT2D eigenvalue weighted by Crippen LogP contribution is -2.61. The zero-order valence-electron chi connectivity index (χ0n) is 47.8. The summed E-state index contributed by atoms with van der Waals surface area (Å²) in [6.45, 7) is 25.9. The number of rotatable bonds is 6. The molecule has 4 heteroatoms. The lowest BCUT2D eigenvalue weighted by Gasteiger charge is -2.52. The van der Waals surface area contributed by atoms with Gasteiger partial charge in [0.05, 0.1) is 11.2 Å². The minimum Gasteiger partial charge on any atom is -0.334 e. The summed E-state index contributed by atoms with van der Waals surface area (Å²) < 4.78 is 0. The molecule has 1 aliphatic carbocycles. The predicted molar refractivity (Wildman–Crippen MR) is 335 cm³/mol. The smallest absolute Gasteiger partial charge is 0.252 e. The molecule has 0 saturated heterocycles. The van der Waals surface area contributed by atoms with Gasteiger partial charge in [-0.15, -0.1) is 0 Å². The van der Waals surface area contributed by atoms with E-state index in [2.05, 4.69) is 291 Å². The maximum Gasteiger partial charge on any atom is 0.252 e. The lowest BCUT2D eigenvalue weighted by molar-refractivity contribution is 0.215. The first-order valence-electron chi connectivity index (χ1n) is 28.7. The molecule has 1 saturated carbocycles. The van der Waals surface area contributed by atoms with Gasteiger partial charge in [-0.2, -0.15) is 0 Å². The average molecular weight is 1020 g/mol. The number of hydrogen-bond donors (Lipinski definition) is 0. The molecule has 9 aromatic rings. The topological polar surface area (TPSA) is 9.72 Å². The van der Waals surface area contributed by atoms with Gasteiger partial charge in [-0.1, -0.05) is 215 Å². The van der Waals surface area contributed by atoms with Crippen LogP contribution in [0.4, 0.5) is 45.5 Å². The molecule has 4 aliphatic rings. The fourth-order valence-electron chi connectivity index (χ4n) is 14.4. The Bertz CT molecular complexity index is 3780. The summed E-state index contributed by atoms with van der Waals surface area (Å²) in [4.78, 5) is 8.05. The Kier molecular flexibility index (Phi) is 11.5. The summed E-state index contributed by atoms with van der Waals surface area (Å²) in [6, 6.07) is 77.6. The number of benzene rings is 9. The maximum absolute atomic E-state index is 2.80. The Balaban J connectivity index is 1.09. The highest BCUT2D eigenvalue weighted by atomic mass is 15.3. The van der Waals surface area contributed by atoms with Crippen LogP contribution in [0, 0.1) is 6.92 Å². The zero-order chi connectivity index (χ0) is 54.1. The van der Waals surface area contributed by atoms with E-state index in [1.54, 1.807) is 0 Å². The van der Waals surface area contributed by atoms with Crippen LogP contribution in [-0.2, 0) is 21.7 Å². The Labute approximate surface area is 465 Å². The van der Waals surface area contributed by atoms with Crippen LogP contribution in [0.15, 0.2) is 200 Å². The van der Waals surface area contributed by atoms with E-state index in [9.17, 15) is 0 Å². The van der Waals surface area contributed by atoms with Crippen LogP contribution in [-0.4, -0.2) is 12.3 Å². The van der Waals surface area contributed by atoms with Crippen LogP contribution in [0.5, 0.6) is 0 Å². The number of nitrogens with zero attached hydrogens (tertiary/aromatic N) is 3. The van der Waals surface area contributed by atoms with Crippen molar-refractivity contribution in [2.45, 2.75) is 129 Å². The maximum atomic E-state index is 2.80. The van der Waals surface area contributed by atoms with E-state index in [1.807, 2.05) is 0 Å². The summed E-state index contributed by atoms with van der Waals surface area (Å²) in [5, 5.41) is 0. The third-order valence-electron chi connectivity index (χ3n) is 18.5. The van der Waals surface area contributed by atoms with Crippen LogP contribution in [0.25, 0.3) is 22.3 Å². The van der Waals surface area contributed by atoms with E-state index in [0.29, 0.717) is 0 Å². The number of fused-ring (bicyclic) bond motifs is 7. The van der Waals surface area contributed by atoms with Gasteiger partial charge < -0.3 is 14.7 Å². The second-order valence-electron chi connectivity index (χ2n) is 26.4. The molecule has 0 amide bonds. The lowest BCUT2D eigenvalue weighted by atomic mass is 9.33. The van der Waals surface area contributed by atoms with Crippen molar-refractivity contribution in [2.75, 3.05) is 14.7 Å². The van der Waals surface area contributed by atoms with E-state index < -0.39 is 0 Å². The van der Waals surface area contributed by atoms with Crippen molar-refractivity contribution < 1.29 is 0 Å². The van der Waals surface area contributed by atoms with Crippen molar-refractivity contribution in [1.29, 1.82) is 0 Å². The van der Waals surface area contributed by atoms with Gasteiger partial charge >= 0.3 is 0 Å². The highest BCUT2D eigenvalue weighted by Gasteiger charge is 2.61. The van der Waals surface area contributed by atoms with Crippen LogP contribution < -0.4 is 31.1 Å². The van der Waals surface area contributed by atoms with Gasteiger partial charge in [0.15, 0.2) is 0 Å². The van der Waals surface area contributed by atoms with Gasteiger partial charge in [0.25, 0.3) is 6.71 Å². The monoisotopic (exact) mass is 1020 g/mol. The molecule has 0 N–H and O–H groups in total. The third kappa shape index (κ3) is 7.75. The van der Waals surface area contributed by atoms with Gasteiger partial charge in [0, 0.05) is 50.8 Å². The van der Waals surface area contributed by atoms with E-state index in [0.717, 1.165) is 12.8 Å². The molecule has 0 spiro atoms. The molecule has 9 aromatic carbocycles. The van der Waals surface area contributed by atoms with Gasteiger partial charge in [0.1, 0.15) is 0 Å². The molecule has 0 bridgehead atoms. The minimum absolute atomic E-state index is 0.0113. The predicted octanol–water partition coefficient (Wildman–Crippen LogP) is 18.1. The summed E-state index contributed by atoms with van der Waals surface area (Å²) in [5.41, 5.74) is 26.4. The van der Waals surface area contributed by atoms with Crippen LogP contribution in [0.2, 0.25) is 0 Å². The zero-order valence-corrected chi connectivity index (χ0v) is 47.8. The number of anilines is 8. The van der Waals surface area contributed by atoms with E-state index in [-0.39, 0.29) is 33.9 Å². The standard InChI is InChI=1S/C74H74BN3/c1-49-43-67-69-68(44-49)77(63-39-32-55(71(5,6)7)46-59(63)51-25-17-13-18-26-51)65-45-52(50-23-15-12-16-24-50)29-37-61(65)75(69)62-38-36-58(48-66(62)76(67)57-34-30-53(31-35-57)70(2,3)4)78-64-40-33-56(72(8,9)10)47-60(64)74(54-27-19-14-20-28-54)42-22-21-41-73(74,78)11/h12-20,23-40,43-48H,21-22,41-42H2,1-11H3. The van der Waals surface area contributed by atoms with Crippen molar-refractivity contribution >= 4 is 68.6 Å². The molecule has 3 nitrogen and oxygen atoms in total. The van der Waals surface area contributed by atoms with Gasteiger partial charge in [-0.25, -0.2) is 0 Å². The molecule has 3 aliphatic heterocycles. The first-order valence-corrected chi connectivity index (χ1v) is 28.7. The third-order valence-corrected chi connectivity index (χ3v) is 18.5. The molecular formula is C74H74BN3. The van der Waals surface area contributed by atoms with Crippen LogP contribution in [0.3, 0.4) is 0 Å². The SMILES string of the molecule is Cc1cc2c3c(c1)N(c1ccc(C(C)(C)C)cc1-c1ccccc1)c1cc(-c4ccccc4)ccc1B3c1ccc(N3c4ccc(C(C)(C)C)cc4C4(c5ccccc5)CCCCC34C)cc1N2c1ccc(C(C)(C)C)cc1. The number of hydrogen-bond acceptors (Lipinski definition) is 3. The highest BCUT2D eigenvalue weighted by Crippen LogP contribution is 2.64. The Hall–Kier alpha value is -7.56. The van der Waals surface area contributed by atoms with Gasteiger partial charge in [-0.3, -0.25) is 0 Å². The highest BCUT2D eigenvalue weighted by molar-refractivity contribution is 7.00. The van der Waals surface area contributed by atoms with Gasteiger partial charge in [-0.05, 0) is 170 Å². The molecule has 3 heterocycles. The molecule has 388 valence electrons. The minimum atomic E-state index is -0.222. The summed E-state index contributed by atoms with van der Waals surface area (Å²) >= 11 is 0. The molecule has 0 radical (unpaired) electrons. The molecule has 78 heavy (non-hydrogen) atoms. The van der Waals surface area contributed by atoms with E-state index >= 15 is 0 Å². The van der Waals surface area contributed by atoms with Crippen LogP contribution >= 0.6 is 0 Å². The fourth-order valence-corrected chi connectivity index (χ4v) is 14.4. The normalized spacial score (nSPS) is 18.5. The first-order chi connectivity index (χ1) is 37.3. The first kappa shape index (κ1) is 50.0. The van der Waals surface area contributed by atoms with Gasteiger partial charge in [0.2, 0.25) is 0 Å². The molecule has 13 rings (SSSR count). The van der Waals surface area contributed by atoms with E-state index in [1.165, 1.54) is 130 Å². The van der Waals surface area contributed by atoms with Crippen LogP contribution in [0.1, 0.15) is 128 Å². The largest absolute Gasteiger partial charge is 0.334 e. The van der Waals surface area contributed by atoms with E-state index in [4.69, 9.17) is 0 Å². The molecule has 2 unspecified atom stereocenters. The fraction of sp³-hybridized carbons (Fsp3) is 0.270. The quantitative estimate of drug-likeness (QED) is 0.154. The van der Waals surface area contributed by atoms with Crippen molar-refractivity contribution in [1.82, 2.24) is 0 Å². The Morgan fingerprint density at radius 2 is 0.936 bits per heavy atom. The second-order valence-corrected chi connectivity index (χ2v) is 26.4. The van der Waals surface area contributed by atoms with Crippen molar-refractivity contribution in [3.63, 3.8) is 0 Å². The van der Waals surface area contributed by atoms with Crippen molar-refractivity contribution in [3.05, 3.63) is 234 Å². The van der Waals surface area contributed by atoms with Crippen molar-refractivity contribution in [3.8, 4) is 22.3 Å². The average Bonchev–Trinajstić information content (AvgIpc) is 3.86. The molecule has 0 aromatic heterocycles.